The number of amides is 1. The maximum Gasteiger partial charge on any atom is 0.387 e. The molecule has 1 saturated heterocycles. The smallest absolute Gasteiger partial charge is 0.387 e. The number of alkyl halides is 2. The minimum atomic E-state index is -2.99. The van der Waals surface area contributed by atoms with Crippen LogP contribution < -0.4 is 14.8 Å². The van der Waals surface area contributed by atoms with Crippen molar-refractivity contribution in [3.63, 3.8) is 0 Å². The number of hydrogen-bond acceptors (Lipinski definition) is 5. The van der Waals surface area contributed by atoms with E-state index in [2.05, 4.69) is 10.1 Å². The lowest BCUT2D eigenvalue weighted by atomic mass is 10.1. The second-order valence-electron chi connectivity index (χ2n) is 7.62. The Balaban J connectivity index is 1.60. The topological polar surface area (TPSA) is 63.9 Å². The van der Waals surface area contributed by atoms with Gasteiger partial charge in [0.05, 0.1) is 13.7 Å². The molecule has 0 aliphatic carbocycles. The lowest BCUT2D eigenvalue weighted by Crippen LogP contribution is -2.40. The number of carbonyl (C=O) groups is 1. The number of ether oxygens (including phenoxy) is 2. The summed E-state index contributed by atoms with van der Waals surface area (Å²) >= 11 is 6.07. The largest absolute Gasteiger partial charge is 0.493 e. The SMILES string of the molecule is COc1cc(C(=O)N(Cc2cc3cc(Cl)ccc3o2)CC2CCCN2)ccc1OC(F)F. The molecule has 3 aromatic rings. The lowest BCUT2D eigenvalue weighted by molar-refractivity contribution is -0.0512. The zero-order valence-corrected chi connectivity index (χ0v) is 18.2. The molecule has 6 nitrogen and oxygen atoms in total. The molecule has 4 rings (SSSR count). The number of halogens is 3. The van der Waals surface area contributed by atoms with Crippen molar-refractivity contribution in [3.05, 3.63) is 58.8 Å². The quantitative estimate of drug-likeness (QED) is 0.503. The van der Waals surface area contributed by atoms with Crippen molar-refractivity contribution in [2.45, 2.75) is 32.0 Å². The monoisotopic (exact) mass is 464 g/mol. The molecule has 1 aliphatic heterocycles. The Morgan fingerprint density at radius 2 is 2.09 bits per heavy atom. The molecule has 1 amide bonds. The molecule has 0 radical (unpaired) electrons. The van der Waals surface area contributed by atoms with Gasteiger partial charge in [0.2, 0.25) is 0 Å². The minimum absolute atomic E-state index is 0.0634. The highest BCUT2D eigenvalue weighted by atomic mass is 35.5. The zero-order chi connectivity index (χ0) is 22.7. The van der Waals surface area contributed by atoms with Crippen molar-refractivity contribution in [2.75, 3.05) is 20.2 Å². The van der Waals surface area contributed by atoms with Gasteiger partial charge in [-0.2, -0.15) is 8.78 Å². The highest BCUT2D eigenvalue weighted by Crippen LogP contribution is 2.30. The summed E-state index contributed by atoms with van der Waals surface area (Å²) in [5.74, 6) is 0.294. The van der Waals surface area contributed by atoms with Gasteiger partial charge >= 0.3 is 6.61 Å². The van der Waals surface area contributed by atoms with Crippen LogP contribution in [0.25, 0.3) is 11.0 Å². The molecule has 1 unspecified atom stereocenters. The molecule has 32 heavy (non-hydrogen) atoms. The number of benzene rings is 2. The Bertz CT molecular complexity index is 1100. The van der Waals surface area contributed by atoms with Crippen LogP contribution in [0, 0.1) is 0 Å². The van der Waals surface area contributed by atoms with Crippen LogP contribution in [0.2, 0.25) is 5.02 Å². The molecule has 1 aliphatic rings. The Kier molecular flexibility index (Phi) is 6.81. The second kappa shape index (κ2) is 9.75. The maximum atomic E-state index is 13.4. The molecular formula is C23H23ClF2N2O4. The summed E-state index contributed by atoms with van der Waals surface area (Å²) in [4.78, 5) is 15.1. The van der Waals surface area contributed by atoms with Gasteiger partial charge in [0.25, 0.3) is 5.91 Å². The first-order valence-corrected chi connectivity index (χ1v) is 10.6. The fourth-order valence-corrected chi connectivity index (χ4v) is 4.09. The minimum Gasteiger partial charge on any atom is -0.493 e. The highest BCUT2D eigenvalue weighted by molar-refractivity contribution is 6.31. The average Bonchev–Trinajstić information content (AvgIpc) is 3.41. The standard InChI is InChI=1S/C23H23ClF2N2O4/c1-30-21-11-14(4-6-20(21)32-23(25)26)22(29)28(12-17-3-2-8-27-17)13-18-10-15-9-16(24)5-7-19(15)31-18/h4-7,9-11,17,23,27H,2-3,8,12-13H2,1H3. The Morgan fingerprint density at radius 1 is 1.25 bits per heavy atom. The molecule has 2 aromatic carbocycles. The number of methoxy groups -OCH3 is 1. The summed E-state index contributed by atoms with van der Waals surface area (Å²) in [6.45, 7) is -1.35. The third kappa shape index (κ3) is 5.14. The van der Waals surface area contributed by atoms with E-state index in [0.29, 0.717) is 28.5 Å². The molecule has 0 saturated carbocycles. The molecule has 1 fully saturated rings. The van der Waals surface area contributed by atoms with Gasteiger partial charge in [-0.1, -0.05) is 11.6 Å². The first-order valence-electron chi connectivity index (χ1n) is 10.3. The molecule has 170 valence electrons. The van der Waals surface area contributed by atoms with Crippen LogP contribution in [0.4, 0.5) is 8.78 Å². The van der Waals surface area contributed by atoms with Crippen molar-refractivity contribution in [2.24, 2.45) is 0 Å². The summed E-state index contributed by atoms with van der Waals surface area (Å²) in [5.41, 5.74) is 0.992. The normalized spacial score (nSPS) is 16.0. The van der Waals surface area contributed by atoms with Crippen molar-refractivity contribution >= 4 is 28.5 Å². The Hall–Kier alpha value is -2.84. The van der Waals surface area contributed by atoms with Crippen LogP contribution in [0.15, 0.2) is 46.9 Å². The third-order valence-electron chi connectivity index (χ3n) is 5.39. The Labute approximate surface area is 189 Å². The summed E-state index contributed by atoms with van der Waals surface area (Å²) in [6, 6.07) is 11.6. The van der Waals surface area contributed by atoms with Gasteiger partial charge in [0, 0.05) is 28.6 Å². The van der Waals surface area contributed by atoms with E-state index in [-0.39, 0.29) is 30.0 Å². The van der Waals surface area contributed by atoms with E-state index in [9.17, 15) is 13.6 Å². The van der Waals surface area contributed by atoms with Gasteiger partial charge < -0.3 is 24.1 Å². The van der Waals surface area contributed by atoms with Crippen LogP contribution in [0.5, 0.6) is 11.5 Å². The van der Waals surface area contributed by atoms with Crippen LogP contribution in [-0.4, -0.2) is 43.7 Å². The van der Waals surface area contributed by atoms with E-state index in [1.54, 1.807) is 23.1 Å². The lowest BCUT2D eigenvalue weighted by Gasteiger charge is -2.25. The number of hydrogen-bond donors (Lipinski definition) is 1. The first-order chi connectivity index (χ1) is 15.4. The summed E-state index contributed by atoms with van der Waals surface area (Å²) in [7, 11) is 1.33. The van der Waals surface area contributed by atoms with Gasteiger partial charge in [-0.15, -0.1) is 0 Å². The molecule has 0 bridgehead atoms. The van der Waals surface area contributed by atoms with Crippen molar-refractivity contribution in [3.8, 4) is 11.5 Å². The summed E-state index contributed by atoms with van der Waals surface area (Å²) < 4.78 is 40.8. The predicted octanol–water partition coefficient (Wildman–Crippen LogP) is 5.09. The van der Waals surface area contributed by atoms with E-state index >= 15 is 0 Å². The molecule has 2 heterocycles. The van der Waals surface area contributed by atoms with E-state index in [1.807, 2.05) is 6.07 Å². The third-order valence-corrected chi connectivity index (χ3v) is 5.63. The van der Waals surface area contributed by atoms with Gasteiger partial charge in [-0.3, -0.25) is 4.79 Å². The number of nitrogens with zero attached hydrogens (tertiary/aromatic N) is 1. The van der Waals surface area contributed by atoms with E-state index in [4.69, 9.17) is 20.8 Å². The summed E-state index contributed by atoms with van der Waals surface area (Å²) in [6.07, 6.45) is 2.01. The second-order valence-corrected chi connectivity index (χ2v) is 8.05. The van der Waals surface area contributed by atoms with Gasteiger partial charge in [-0.05, 0) is 61.9 Å². The van der Waals surface area contributed by atoms with Gasteiger partial charge in [0.1, 0.15) is 11.3 Å². The van der Waals surface area contributed by atoms with E-state index in [0.717, 1.165) is 24.8 Å². The molecule has 1 atom stereocenters. The van der Waals surface area contributed by atoms with E-state index < -0.39 is 6.61 Å². The molecule has 9 heteroatoms. The fourth-order valence-electron chi connectivity index (χ4n) is 3.91. The number of nitrogens with one attached hydrogen (secondary N) is 1. The van der Waals surface area contributed by atoms with Crippen LogP contribution in [0.1, 0.15) is 29.0 Å². The predicted molar refractivity (Wildman–Crippen MR) is 117 cm³/mol. The van der Waals surface area contributed by atoms with Crippen LogP contribution in [-0.2, 0) is 6.54 Å². The van der Waals surface area contributed by atoms with Gasteiger partial charge in [0.15, 0.2) is 11.5 Å². The molecular weight excluding hydrogens is 442 g/mol. The van der Waals surface area contributed by atoms with Crippen molar-refractivity contribution in [1.29, 1.82) is 0 Å². The number of carbonyl (C=O) groups excluding carboxylic acids is 1. The number of fused-ring (bicyclic) bond motifs is 1. The first kappa shape index (κ1) is 22.4. The molecule has 1 aromatic heterocycles. The maximum absolute atomic E-state index is 13.4. The summed E-state index contributed by atoms with van der Waals surface area (Å²) in [5, 5.41) is 4.86. The number of rotatable bonds is 8. The fraction of sp³-hybridized carbons (Fsp3) is 0.348. The van der Waals surface area contributed by atoms with E-state index in [1.165, 1.54) is 25.3 Å². The van der Waals surface area contributed by atoms with Crippen LogP contribution >= 0.6 is 11.6 Å². The Morgan fingerprint density at radius 3 is 2.81 bits per heavy atom. The van der Waals surface area contributed by atoms with Crippen molar-refractivity contribution in [1.82, 2.24) is 10.2 Å². The van der Waals surface area contributed by atoms with Gasteiger partial charge in [-0.25, -0.2) is 0 Å². The molecule has 1 N–H and O–H groups in total. The molecule has 0 spiro atoms. The van der Waals surface area contributed by atoms with Crippen LogP contribution in [0.3, 0.4) is 0 Å². The zero-order valence-electron chi connectivity index (χ0n) is 17.4. The highest BCUT2D eigenvalue weighted by Gasteiger charge is 2.25. The van der Waals surface area contributed by atoms with Crippen molar-refractivity contribution < 1.29 is 27.5 Å². The number of furan rings is 1. The average molecular weight is 465 g/mol.